The standard InChI is InChI=1S/C34H42ClN7O2/c1-24-20-25(2)22-40(21-24)19-15-36-32(44)26-5-11-29(12-6-26)37-33-38-31-30(4-3-16-42(31)39-33)41-17-13-34(23-43,14-18-41)27-7-9-28(35)10-8-27/h3-12,16,24-25,43H,13-15,17-23H2,1-2H3,(H,36,44)(H,37,39). The van der Waals surface area contributed by atoms with E-state index < -0.39 is 0 Å². The molecule has 0 spiro atoms. The Morgan fingerprint density at radius 1 is 1.02 bits per heavy atom. The van der Waals surface area contributed by atoms with Crippen LogP contribution in [0.15, 0.2) is 66.9 Å². The first kappa shape index (κ1) is 30.4. The van der Waals surface area contributed by atoms with Gasteiger partial charge in [0.1, 0.15) is 0 Å². The van der Waals surface area contributed by atoms with Crippen LogP contribution in [0, 0.1) is 11.8 Å². The average Bonchev–Trinajstić information content (AvgIpc) is 3.44. The predicted molar refractivity (Wildman–Crippen MR) is 176 cm³/mol. The van der Waals surface area contributed by atoms with E-state index in [2.05, 4.69) is 45.4 Å². The number of anilines is 3. The summed E-state index contributed by atoms with van der Waals surface area (Å²) in [7, 11) is 0. The highest BCUT2D eigenvalue weighted by Gasteiger charge is 2.36. The van der Waals surface area contributed by atoms with Crippen LogP contribution in [0.5, 0.6) is 0 Å². The third kappa shape index (κ3) is 6.70. The number of likely N-dealkylation sites (tertiary alicyclic amines) is 1. The van der Waals surface area contributed by atoms with Gasteiger partial charge >= 0.3 is 0 Å². The van der Waals surface area contributed by atoms with E-state index >= 15 is 0 Å². The van der Waals surface area contributed by atoms with Crippen LogP contribution in [0.25, 0.3) is 5.65 Å². The fourth-order valence-electron chi connectivity index (χ4n) is 6.95. The molecule has 2 fully saturated rings. The third-order valence-electron chi connectivity index (χ3n) is 9.22. The molecule has 44 heavy (non-hydrogen) atoms. The molecule has 4 heterocycles. The first-order valence-corrected chi connectivity index (χ1v) is 16.0. The number of aromatic nitrogens is 3. The first-order chi connectivity index (χ1) is 21.3. The Labute approximate surface area is 264 Å². The number of nitrogens with zero attached hydrogens (tertiary/aromatic N) is 5. The molecule has 10 heteroatoms. The minimum absolute atomic E-state index is 0.0621. The van der Waals surface area contributed by atoms with Crippen molar-refractivity contribution >= 4 is 40.5 Å². The normalized spacial score (nSPS) is 20.5. The molecule has 2 aromatic heterocycles. The number of halogens is 1. The highest BCUT2D eigenvalue weighted by atomic mass is 35.5. The van der Waals surface area contributed by atoms with E-state index in [1.54, 1.807) is 4.52 Å². The quantitative estimate of drug-likeness (QED) is 0.233. The molecule has 6 rings (SSSR count). The van der Waals surface area contributed by atoms with Gasteiger partial charge in [-0.3, -0.25) is 4.79 Å². The number of fused-ring (bicyclic) bond motifs is 1. The number of pyridine rings is 1. The Morgan fingerprint density at radius 3 is 2.41 bits per heavy atom. The SMILES string of the molecule is CC1CC(C)CN(CCNC(=O)c2ccc(Nc3nc4c(N5CCC(CO)(c6ccc(Cl)cc6)CC5)cccn4n3)cc2)C1. The van der Waals surface area contributed by atoms with Gasteiger partial charge in [0.25, 0.3) is 5.91 Å². The zero-order valence-corrected chi connectivity index (χ0v) is 26.3. The van der Waals surface area contributed by atoms with E-state index in [0.29, 0.717) is 34.9 Å². The number of hydrogen-bond acceptors (Lipinski definition) is 7. The molecule has 0 saturated carbocycles. The summed E-state index contributed by atoms with van der Waals surface area (Å²) in [5.41, 5.74) is 4.07. The smallest absolute Gasteiger partial charge is 0.251 e. The number of piperidine rings is 2. The number of aliphatic hydroxyl groups excluding tert-OH is 1. The molecule has 1 amide bonds. The van der Waals surface area contributed by atoms with Crippen LogP contribution in [-0.2, 0) is 5.41 Å². The van der Waals surface area contributed by atoms with Crippen LogP contribution in [0.4, 0.5) is 17.3 Å². The van der Waals surface area contributed by atoms with Gasteiger partial charge in [-0.1, -0.05) is 37.6 Å². The van der Waals surface area contributed by atoms with E-state index in [0.717, 1.165) is 68.2 Å². The van der Waals surface area contributed by atoms with Gasteiger partial charge in [-0.15, -0.1) is 5.10 Å². The van der Waals surface area contributed by atoms with E-state index in [9.17, 15) is 9.90 Å². The third-order valence-corrected chi connectivity index (χ3v) is 9.48. The Kier molecular flexibility index (Phi) is 9.07. The molecule has 0 bridgehead atoms. The largest absolute Gasteiger partial charge is 0.395 e. The maximum absolute atomic E-state index is 12.7. The Hall–Kier alpha value is -3.66. The van der Waals surface area contributed by atoms with E-state index in [-0.39, 0.29) is 17.9 Å². The number of benzene rings is 2. The minimum Gasteiger partial charge on any atom is -0.395 e. The lowest BCUT2D eigenvalue weighted by atomic mass is 9.73. The molecular weight excluding hydrogens is 574 g/mol. The summed E-state index contributed by atoms with van der Waals surface area (Å²) in [6.07, 6.45) is 4.82. The topological polar surface area (TPSA) is 98.0 Å². The predicted octanol–water partition coefficient (Wildman–Crippen LogP) is 5.36. The lowest BCUT2D eigenvalue weighted by Crippen LogP contribution is -2.45. The maximum atomic E-state index is 12.7. The molecule has 2 aliphatic rings. The van der Waals surface area contributed by atoms with Crippen molar-refractivity contribution in [3.63, 3.8) is 0 Å². The van der Waals surface area contributed by atoms with Gasteiger partial charge in [0.05, 0.1) is 12.3 Å². The van der Waals surface area contributed by atoms with Crippen LogP contribution in [0.3, 0.4) is 0 Å². The Bertz CT molecular complexity index is 1560. The lowest BCUT2D eigenvalue weighted by molar-refractivity contribution is 0.0936. The first-order valence-electron chi connectivity index (χ1n) is 15.7. The molecule has 9 nitrogen and oxygen atoms in total. The van der Waals surface area contributed by atoms with E-state index in [1.807, 2.05) is 60.8 Å². The Balaban J connectivity index is 1.06. The summed E-state index contributed by atoms with van der Waals surface area (Å²) < 4.78 is 1.79. The molecule has 2 aromatic carbocycles. The number of rotatable bonds is 9. The van der Waals surface area contributed by atoms with Gasteiger partial charge in [0.15, 0.2) is 5.65 Å². The van der Waals surface area contributed by atoms with Crippen LogP contribution in [-0.4, -0.2) is 76.4 Å². The molecule has 0 radical (unpaired) electrons. The number of amides is 1. The number of hydrogen-bond donors (Lipinski definition) is 3. The van der Waals surface area contributed by atoms with Crippen molar-refractivity contribution in [2.75, 3.05) is 56.1 Å². The second-order valence-corrected chi connectivity index (χ2v) is 13.1. The highest BCUT2D eigenvalue weighted by Crippen LogP contribution is 2.38. The zero-order valence-electron chi connectivity index (χ0n) is 25.5. The highest BCUT2D eigenvalue weighted by molar-refractivity contribution is 6.30. The summed E-state index contributed by atoms with van der Waals surface area (Å²) >= 11 is 6.11. The molecule has 4 aromatic rings. The monoisotopic (exact) mass is 615 g/mol. The van der Waals surface area contributed by atoms with Gasteiger partial charge < -0.3 is 25.5 Å². The second-order valence-electron chi connectivity index (χ2n) is 12.7. The van der Waals surface area contributed by atoms with E-state index in [1.165, 1.54) is 6.42 Å². The summed E-state index contributed by atoms with van der Waals surface area (Å²) in [6, 6.07) is 19.3. The summed E-state index contributed by atoms with van der Waals surface area (Å²) in [5.74, 6) is 1.85. The van der Waals surface area contributed by atoms with Gasteiger partial charge in [-0.2, -0.15) is 4.98 Å². The number of aliphatic hydroxyl groups is 1. The van der Waals surface area contributed by atoms with Crippen LogP contribution >= 0.6 is 11.6 Å². The van der Waals surface area contributed by atoms with Crippen LogP contribution in [0.2, 0.25) is 5.02 Å². The molecule has 2 saturated heterocycles. The molecule has 2 atom stereocenters. The molecule has 0 aliphatic carbocycles. The molecule has 2 aliphatic heterocycles. The van der Waals surface area contributed by atoms with Gasteiger partial charge in [-0.05, 0) is 85.2 Å². The zero-order chi connectivity index (χ0) is 30.7. The fourth-order valence-corrected chi connectivity index (χ4v) is 7.07. The van der Waals surface area contributed by atoms with Crippen LogP contribution in [0.1, 0.15) is 49.0 Å². The van der Waals surface area contributed by atoms with Gasteiger partial charge in [-0.25, -0.2) is 4.52 Å². The molecule has 232 valence electrons. The summed E-state index contributed by atoms with van der Waals surface area (Å²) in [5, 5.41) is 22.1. The minimum atomic E-state index is -0.277. The van der Waals surface area contributed by atoms with Crippen molar-refractivity contribution in [3.8, 4) is 0 Å². The molecule has 2 unspecified atom stereocenters. The van der Waals surface area contributed by atoms with E-state index in [4.69, 9.17) is 16.6 Å². The average molecular weight is 616 g/mol. The molecule has 3 N–H and O–H groups in total. The number of carbonyl (C=O) groups is 1. The summed E-state index contributed by atoms with van der Waals surface area (Å²) in [6.45, 7) is 10.0. The number of carbonyl (C=O) groups excluding carboxylic acids is 1. The van der Waals surface area contributed by atoms with Crippen molar-refractivity contribution in [3.05, 3.63) is 83.0 Å². The number of nitrogens with one attached hydrogen (secondary N) is 2. The van der Waals surface area contributed by atoms with Crippen molar-refractivity contribution in [2.45, 2.75) is 38.5 Å². The van der Waals surface area contributed by atoms with Crippen molar-refractivity contribution < 1.29 is 9.90 Å². The fraction of sp³-hybridized carbons (Fsp3) is 0.441. The maximum Gasteiger partial charge on any atom is 0.251 e. The Morgan fingerprint density at radius 2 is 1.73 bits per heavy atom. The van der Waals surface area contributed by atoms with Crippen molar-refractivity contribution in [1.29, 1.82) is 0 Å². The molecular formula is C34H42ClN7O2. The van der Waals surface area contributed by atoms with Crippen molar-refractivity contribution in [1.82, 2.24) is 24.8 Å². The lowest BCUT2D eigenvalue weighted by Gasteiger charge is -2.42. The summed E-state index contributed by atoms with van der Waals surface area (Å²) in [4.78, 5) is 22.3. The second kappa shape index (κ2) is 13.1. The van der Waals surface area contributed by atoms with Gasteiger partial charge in [0, 0.05) is 67.2 Å². The van der Waals surface area contributed by atoms with Gasteiger partial charge in [0.2, 0.25) is 5.95 Å². The van der Waals surface area contributed by atoms with Crippen molar-refractivity contribution in [2.24, 2.45) is 11.8 Å². The van der Waals surface area contributed by atoms with Crippen LogP contribution < -0.4 is 15.5 Å².